The molecule has 0 radical (unpaired) electrons. The Morgan fingerprint density at radius 1 is 1.53 bits per heavy atom. The molecular weight excluding hydrogens is 216 g/mol. The molecule has 0 aliphatic carbocycles. The minimum absolute atomic E-state index is 0.282. The highest BCUT2D eigenvalue weighted by atomic mass is 16.5. The van der Waals surface area contributed by atoms with Gasteiger partial charge in [0.1, 0.15) is 5.75 Å². The summed E-state index contributed by atoms with van der Waals surface area (Å²) in [6.07, 6.45) is 1.07. The molecule has 3 N–H and O–H groups in total. The largest absolute Gasteiger partial charge is 0.496 e. The van der Waals surface area contributed by atoms with Gasteiger partial charge >= 0.3 is 0 Å². The summed E-state index contributed by atoms with van der Waals surface area (Å²) in [5, 5.41) is 9.12. The lowest BCUT2D eigenvalue weighted by Crippen LogP contribution is -2.21. The highest BCUT2D eigenvalue weighted by molar-refractivity contribution is 5.47. The van der Waals surface area contributed by atoms with E-state index in [0.29, 0.717) is 5.92 Å². The predicted molar refractivity (Wildman–Crippen MR) is 67.9 cm³/mol. The molecule has 0 spiro atoms. The molecule has 94 valence electrons. The third kappa shape index (κ3) is 2.90. The van der Waals surface area contributed by atoms with Crippen molar-refractivity contribution in [2.45, 2.75) is 13.0 Å². The Morgan fingerprint density at radius 2 is 2.35 bits per heavy atom. The van der Waals surface area contributed by atoms with Crippen molar-refractivity contribution in [2.75, 3.05) is 32.5 Å². The number of methoxy groups -OCH3 is 1. The van der Waals surface area contributed by atoms with E-state index in [9.17, 15) is 0 Å². The summed E-state index contributed by atoms with van der Waals surface area (Å²) in [6, 6.07) is 5.72. The lowest BCUT2D eigenvalue weighted by Gasteiger charge is -2.18. The molecule has 1 heterocycles. The number of ether oxygens (including phenoxy) is 1. The Kier molecular flexibility index (Phi) is 3.86. The van der Waals surface area contributed by atoms with Gasteiger partial charge in [-0.2, -0.15) is 0 Å². The number of hydrogen-bond donors (Lipinski definition) is 2. The highest BCUT2D eigenvalue weighted by Gasteiger charge is 2.22. The van der Waals surface area contributed by atoms with Crippen LogP contribution in [0, 0.1) is 5.92 Å². The van der Waals surface area contributed by atoms with Gasteiger partial charge in [0.15, 0.2) is 0 Å². The van der Waals surface area contributed by atoms with Crippen LogP contribution in [0.5, 0.6) is 5.75 Å². The van der Waals surface area contributed by atoms with Gasteiger partial charge in [0.2, 0.25) is 0 Å². The Morgan fingerprint density at radius 3 is 3.00 bits per heavy atom. The van der Waals surface area contributed by atoms with Crippen LogP contribution in [0.15, 0.2) is 18.2 Å². The van der Waals surface area contributed by atoms with Crippen molar-refractivity contribution in [2.24, 2.45) is 5.92 Å². The van der Waals surface area contributed by atoms with Crippen molar-refractivity contribution in [3.63, 3.8) is 0 Å². The van der Waals surface area contributed by atoms with E-state index in [4.69, 9.17) is 15.6 Å². The number of benzene rings is 1. The first-order valence-corrected chi connectivity index (χ1v) is 5.98. The first kappa shape index (κ1) is 12.2. The van der Waals surface area contributed by atoms with Crippen LogP contribution in [-0.2, 0) is 6.54 Å². The Hall–Kier alpha value is -1.26. The second-order valence-electron chi connectivity index (χ2n) is 4.64. The molecular formula is C13H20N2O2. The molecule has 0 aromatic heterocycles. The van der Waals surface area contributed by atoms with Crippen LogP contribution in [0.25, 0.3) is 0 Å². The van der Waals surface area contributed by atoms with Gasteiger partial charge in [0.25, 0.3) is 0 Å². The summed E-state index contributed by atoms with van der Waals surface area (Å²) in [7, 11) is 1.68. The number of nitrogens with two attached hydrogens (primary N) is 1. The molecule has 2 rings (SSSR count). The normalized spacial score (nSPS) is 20.7. The summed E-state index contributed by atoms with van der Waals surface area (Å²) in [4.78, 5) is 2.33. The fourth-order valence-corrected chi connectivity index (χ4v) is 2.37. The van der Waals surface area contributed by atoms with Gasteiger partial charge in [0, 0.05) is 30.9 Å². The SMILES string of the molecule is COc1ccc(N)cc1CN1CCC(CO)C1. The number of aliphatic hydroxyl groups is 1. The Balaban J connectivity index is 2.05. The average Bonchev–Trinajstić information content (AvgIpc) is 2.77. The molecule has 1 aromatic carbocycles. The second kappa shape index (κ2) is 5.38. The molecule has 1 aromatic rings. The quantitative estimate of drug-likeness (QED) is 0.768. The Labute approximate surface area is 102 Å². The molecule has 1 aliphatic rings. The van der Waals surface area contributed by atoms with Crippen molar-refractivity contribution >= 4 is 5.69 Å². The van der Waals surface area contributed by atoms with Gasteiger partial charge in [-0.05, 0) is 37.1 Å². The van der Waals surface area contributed by atoms with E-state index >= 15 is 0 Å². The molecule has 0 amide bonds. The smallest absolute Gasteiger partial charge is 0.123 e. The zero-order chi connectivity index (χ0) is 12.3. The maximum Gasteiger partial charge on any atom is 0.123 e. The number of aliphatic hydroxyl groups excluding tert-OH is 1. The average molecular weight is 236 g/mol. The number of hydrogen-bond acceptors (Lipinski definition) is 4. The van der Waals surface area contributed by atoms with E-state index in [2.05, 4.69) is 4.90 Å². The van der Waals surface area contributed by atoms with Crippen molar-refractivity contribution in [1.82, 2.24) is 4.90 Å². The van der Waals surface area contributed by atoms with Crippen LogP contribution < -0.4 is 10.5 Å². The van der Waals surface area contributed by atoms with Crippen LogP contribution >= 0.6 is 0 Å². The zero-order valence-corrected chi connectivity index (χ0v) is 10.2. The minimum atomic E-state index is 0.282. The van der Waals surface area contributed by atoms with Gasteiger partial charge in [-0.1, -0.05) is 0 Å². The monoisotopic (exact) mass is 236 g/mol. The van der Waals surface area contributed by atoms with Gasteiger partial charge in [-0.15, -0.1) is 0 Å². The van der Waals surface area contributed by atoms with Gasteiger partial charge < -0.3 is 15.6 Å². The fourth-order valence-electron chi connectivity index (χ4n) is 2.37. The third-order valence-corrected chi connectivity index (χ3v) is 3.33. The predicted octanol–water partition coefficient (Wildman–Crippen LogP) is 1.09. The van der Waals surface area contributed by atoms with Crippen LogP contribution in [0.2, 0.25) is 0 Å². The molecule has 4 nitrogen and oxygen atoms in total. The van der Waals surface area contributed by atoms with E-state index in [1.54, 1.807) is 7.11 Å². The molecule has 1 fully saturated rings. The topological polar surface area (TPSA) is 58.7 Å². The molecule has 1 atom stereocenters. The van der Waals surface area contributed by atoms with Crippen LogP contribution in [0.3, 0.4) is 0 Å². The zero-order valence-electron chi connectivity index (χ0n) is 10.2. The number of nitrogen functional groups attached to an aromatic ring is 1. The van der Waals surface area contributed by atoms with Crippen LogP contribution in [0.1, 0.15) is 12.0 Å². The third-order valence-electron chi connectivity index (χ3n) is 3.33. The highest BCUT2D eigenvalue weighted by Crippen LogP contribution is 2.25. The van der Waals surface area contributed by atoms with Crippen LogP contribution in [-0.4, -0.2) is 36.8 Å². The van der Waals surface area contributed by atoms with Crippen molar-refractivity contribution in [1.29, 1.82) is 0 Å². The van der Waals surface area contributed by atoms with E-state index in [1.807, 2.05) is 18.2 Å². The van der Waals surface area contributed by atoms with E-state index in [0.717, 1.165) is 43.1 Å². The van der Waals surface area contributed by atoms with E-state index < -0.39 is 0 Å². The van der Waals surface area contributed by atoms with Crippen LogP contribution in [0.4, 0.5) is 5.69 Å². The summed E-state index contributed by atoms with van der Waals surface area (Å²) < 4.78 is 5.33. The summed E-state index contributed by atoms with van der Waals surface area (Å²) in [5.41, 5.74) is 7.68. The van der Waals surface area contributed by atoms with Gasteiger partial charge in [0.05, 0.1) is 7.11 Å². The van der Waals surface area contributed by atoms with E-state index in [1.165, 1.54) is 0 Å². The molecule has 1 saturated heterocycles. The lowest BCUT2D eigenvalue weighted by molar-refractivity contribution is 0.219. The number of rotatable bonds is 4. The minimum Gasteiger partial charge on any atom is -0.496 e. The molecule has 17 heavy (non-hydrogen) atoms. The molecule has 4 heteroatoms. The first-order valence-electron chi connectivity index (χ1n) is 5.98. The first-order chi connectivity index (χ1) is 8.22. The Bertz CT molecular complexity index is 382. The standard InChI is InChI=1S/C13H20N2O2/c1-17-13-3-2-12(14)6-11(13)8-15-5-4-10(7-15)9-16/h2-3,6,10,16H,4-5,7-9,14H2,1H3. The molecule has 1 unspecified atom stereocenters. The van der Waals surface area contributed by atoms with Gasteiger partial charge in [-0.3, -0.25) is 4.90 Å². The lowest BCUT2D eigenvalue weighted by atomic mass is 10.1. The number of nitrogens with zero attached hydrogens (tertiary/aromatic N) is 1. The molecule has 0 bridgehead atoms. The maximum absolute atomic E-state index is 9.12. The molecule has 1 aliphatic heterocycles. The summed E-state index contributed by atoms with van der Waals surface area (Å²) in [5.74, 6) is 1.30. The summed E-state index contributed by atoms with van der Waals surface area (Å²) >= 11 is 0. The summed E-state index contributed by atoms with van der Waals surface area (Å²) in [6.45, 7) is 3.10. The van der Waals surface area contributed by atoms with Crippen molar-refractivity contribution < 1.29 is 9.84 Å². The second-order valence-corrected chi connectivity index (χ2v) is 4.64. The van der Waals surface area contributed by atoms with E-state index in [-0.39, 0.29) is 6.61 Å². The van der Waals surface area contributed by atoms with Crippen molar-refractivity contribution in [3.8, 4) is 5.75 Å². The number of anilines is 1. The fraction of sp³-hybridized carbons (Fsp3) is 0.538. The van der Waals surface area contributed by atoms with Crippen molar-refractivity contribution in [3.05, 3.63) is 23.8 Å². The maximum atomic E-state index is 9.12. The van der Waals surface area contributed by atoms with Gasteiger partial charge in [-0.25, -0.2) is 0 Å². The number of likely N-dealkylation sites (tertiary alicyclic amines) is 1. The molecule has 0 saturated carbocycles.